The predicted octanol–water partition coefficient (Wildman–Crippen LogP) is 1.84. The van der Waals surface area contributed by atoms with Crippen molar-refractivity contribution < 1.29 is 4.74 Å². The summed E-state index contributed by atoms with van der Waals surface area (Å²) < 4.78 is 7.05. The van der Waals surface area contributed by atoms with Gasteiger partial charge in [-0.15, -0.1) is 5.10 Å². The van der Waals surface area contributed by atoms with Gasteiger partial charge in [0, 0.05) is 13.2 Å². The van der Waals surface area contributed by atoms with Crippen LogP contribution in [0.1, 0.15) is 0 Å². The van der Waals surface area contributed by atoms with Crippen molar-refractivity contribution in [1.29, 1.82) is 0 Å². The standard InChI is InChI=1S/C13H13N5O/c1-14-11-5-6-12-16-8-10(18(12)17-11)9-4-3-7-15-13(9)19-2/h3-8H,1-2H3,(H,14,17). The van der Waals surface area contributed by atoms with E-state index in [1.165, 1.54) is 0 Å². The Balaban J connectivity index is 2.24. The van der Waals surface area contributed by atoms with Crippen LogP contribution in [0.5, 0.6) is 5.88 Å². The van der Waals surface area contributed by atoms with E-state index in [9.17, 15) is 0 Å². The molecule has 0 fully saturated rings. The zero-order valence-electron chi connectivity index (χ0n) is 10.7. The third kappa shape index (κ3) is 1.87. The topological polar surface area (TPSA) is 64.3 Å². The number of pyridine rings is 1. The lowest BCUT2D eigenvalue weighted by molar-refractivity contribution is 0.399. The maximum absolute atomic E-state index is 5.28. The van der Waals surface area contributed by atoms with Gasteiger partial charge in [0.2, 0.25) is 5.88 Å². The van der Waals surface area contributed by atoms with Gasteiger partial charge in [-0.2, -0.15) is 0 Å². The predicted molar refractivity (Wildman–Crippen MR) is 72.3 cm³/mol. The fourth-order valence-electron chi connectivity index (χ4n) is 1.94. The van der Waals surface area contributed by atoms with Crippen LogP contribution in [0.3, 0.4) is 0 Å². The van der Waals surface area contributed by atoms with E-state index < -0.39 is 0 Å². The van der Waals surface area contributed by atoms with Crippen molar-refractivity contribution in [2.24, 2.45) is 0 Å². The largest absolute Gasteiger partial charge is 0.481 e. The number of fused-ring (bicyclic) bond motifs is 1. The summed E-state index contributed by atoms with van der Waals surface area (Å²) in [4.78, 5) is 8.53. The van der Waals surface area contributed by atoms with Crippen LogP contribution < -0.4 is 10.1 Å². The van der Waals surface area contributed by atoms with Gasteiger partial charge in [0.1, 0.15) is 5.82 Å². The second-order valence-electron chi connectivity index (χ2n) is 3.94. The fraction of sp³-hybridized carbons (Fsp3) is 0.154. The molecule has 0 saturated carbocycles. The first-order valence-corrected chi connectivity index (χ1v) is 5.85. The molecule has 3 aromatic rings. The highest BCUT2D eigenvalue weighted by molar-refractivity contribution is 5.67. The first-order valence-electron chi connectivity index (χ1n) is 5.85. The minimum atomic E-state index is 0.556. The van der Waals surface area contributed by atoms with Crippen LogP contribution in [0.2, 0.25) is 0 Å². The summed E-state index contributed by atoms with van der Waals surface area (Å²) in [5.41, 5.74) is 2.48. The van der Waals surface area contributed by atoms with Gasteiger partial charge in [0.15, 0.2) is 5.65 Å². The number of nitrogens with one attached hydrogen (secondary N) is 1. The van der Waals surface area contributed by atoms with Gasteiger partial charge in [0.05, 0.1) is 24.6 Å². The maximum atomic E-state index is 5.28. The second kappa shape index (κ2) is 4.56. The number of hydrogen-bond donors (Lipinski definition) is 1. The van der Waals surface area contributed by atoms with Crippen LogP contribution in [0.15, 0.2) is 36.7 Å². The number of imidazole rings is 1. The number of methoxy groups -OCH3 is 1. The molecule has 6 nitrogen and oxygen atoms in total. The fourth-order valence-corrected chi connectivity index (χ4v) is 1.94. The summed E-state index contributed by atoms with van der Waals surface area (Å²) in [6, 6.07) is 7.58. The molecule has 0 spiro atoms. The normalized spacial score (nSPS) is 10.6. The van der Waals surface area contributed by atoms with Gasteiger partial charge >= 0.3 is 0 Å². The van der Waals surface area contributed by atoms with E-state index in [2.05, 4.69) is 20.4 Å². The first-order chi connectivity index (χ1) is 9.33. The smallest absolute Gasteiger partial charge is 0.222 e. The van der Waals surface area contributed by atoms with Gasteiger partial charge in [0.25, 0.3) is 0 Å². The van der Waals surface area contributed by atoms with Gasteiger partial charge in [-0.25, -0.2) is 14.5 Å². The third-order valence-electron chi connectivity index (χ3n) is 2.86. The molecule has 0 aliphatic rings. The number of hydrogen-bond acceptors (Lipinski definition) is 5. The summed E-state index contributed by atoms with van der Waals surface area (Å²) in [5.74, 6) is 1.33. The van der Waals surface area contributed by atoms with Crippen molar-refractivity contribution in [3.05, 3.63) is 36.7 Å². The molecule has 6 heteroatoms. The average molecular weight is 255 g/mol. The summed E-state index contributed by atoms with van der Waals surface area (Å²) in [6.45, 7) is 0. The Hall–Kier alpha value is -2.63. The minimum absolute atomic E-state index is 0.556. The Morgan fingerprint density at radius 1 is 1.21 bits per heavy atom. The van der Waals surface area contributed by atoms with Crippen LogP contribution in [0.25, 0.3) is 16.9 Å². The summed E-state index contributed by atoms with van der Waals surface area (Å²) >= 11 is 0. The molecule has 0 bridgehead atoms. The van der Waals surface area contributed by atoms with Gasteiger partial charge < -0.3 is 10.1 Å². The second-order valence-corrected chi connectivity index (χ2v) is 3.94. The Morgan fingerprint density at radius 2 is 2.11 bits per heavy atom. The number of ether oxygens (including phenoxy) is 1. The maximum Gasteiger partial charge on any atom is 0.222 e. The van der Waals surface area contributed by atoms with E-state index in [4.69, 9.17) is 4.74 Å². The summed E-state index contributed by atoms with van der Waals surface area (Å²) in [7, 11) is 3.43. The Labute approximate surface area is 110 Å². The van der Waals surface area contributed by atoms with Crippen molar-refractivity contribution >= 4 is 11.5 Å². The zero-order chi connectivity index (χ0) is 13.2. The highest BCUT2D eigenvalue weighted by Gasteiger charge is 2.12. The lowest BCUT2D eigenvalue weighted by Crippen LogP contribution is -2.00. The SMILES string of the molecule is CNc1ccc2ncc(-c3cccnc3OC)n2n1. The molecule has 0 aliphatic carbocycles. The summed E-state index contributed by atoms with van der Waals surface area (Å²) in [6.07, 6.45) is 3.46. The van der Waals surface area contributed by atoms with Crippen LogP contribution in [0, 0.1) is 0 Å². The first kappa shape index (κ1) is 11.5. The lowest BCUT2D eigenvalue weighted by Gasteiger charge is -2.06. The Bertz CT molecular complexity index is 722. The zero-order valence-corrected chi connectivity index (χ0v) is 10.7. The molecule has 0 aromatic carbocycles. The van der Waals surface area contributed by atoms with Crippen LogP contribution in [-0.2, 0) is 0 Å². The van der Waals surface area contributed by atoms with Crippen LogP contribution >= 0.6 is 0 Å². The van der Waals surface area contributed by atoms with Crippen LogP contribution in [-0.4, -0.2) is 33.7 Å². The molecule has 3 rings (SSSR count). The van der Waals surface area contributed by atoms with E-state index in [-0.39, 0.29) is 0 Å². The van der Waals surface area contributed by atoms with E-state index in [0.29, 0.717) is 5.88 Å². The molecule has 1 N–H and O–H groups in total. The molecule has 0 radical (unpaired) electrons. The molecule has 3 aromatic heterocycles. The molecule has 0 aliphatic heterocycles. The van der Waals surface area contributed by atoms with Crippen molar-refractivity contribution in [1.82, 2.24) is 19.6 Å². The molecular formula is C13H13N5O. The van der Waals surface area contributed by atoms with Crippen LogP contribution in [0.4, 0.5) is 5.82 Å². The number of anilines is 1. The minimum Gasteiger partial charge on any atom is -0.481 e. The number of nitrogens with zero attached hydrogens (tertiary/aromatic N) is 4. The molecule has 96 valence electrons. The molecule has 0 atom stereocenters. The van der Waals surface area contributed by atoms with Crippen molar-refractivity contribution in [2.45, 2.75) is 0 Å². The molecule has 0 amide bonds. The average Bonchev–Trinajstić information content (AvgIpc) is 2.89. The quantitative estimate of drug-likeness (QED) is 0.773. The summed E-state index contributed by atoms with van der Waals surface area (Å²) in [5, 5.41) is 7.47. The molecule has 3 heterocycles. The lowest BCUT2D eigenvalue weighted by atomic mass is 10.2. The van der Waals surface area contributed by atoms with Crippen molar-refractivity contribution in [3.63, 3.8) is 0 Å². The van der Waals surface area contributed by atoms with E-state index in [1.54, 1.807) is 24.0 Å². The number of rotatable bonds is 3. The van der Waals surface area contributed by atoms with E-state index in [1.807, 2.05) is 31.3 Å². The van der Waals surface area contributed by atoms with Gasteiger partial charge in [-0.1, -0.05) is 0 Å². The highest BCUT2D eigenvalue weighted by Crippen LogP contribution is 2.27. The van der Waals surface area contributed by atoms with Gasteiger partial charge in [-0.3, -0.25) is 0 Å². The third-order valence-corrected chi connectivity index (χ3v) is 2.86. The van der Waals surface area contributed by atoms with Crippen molar-refractivity contribution in [3.8, 4) is 17.1 Å². The highest BCUT2D eigenvalue weighted by atomic mass is 16.5. The van der Waals surface area contributed by atoms with Crippen molar-refractivity contribution in [2.75, 3.05) is 19.5 Å². The molecular weight excluding hydrogens is 242 g/mol. The van der Waals surface area contributed by atoms with E-state index in [0.717, 1.165) is 22.7 Å². The monoisotopic (exact) mass is 255 g/mol. The Kier molecular flexibility index (Phi) is 2.75. The molecule has 19 heavy (non-hydrogen) atoms. The number of aromatic nitrogens is 4. The molecule has 0 saturated heterocycles. The van der Waals surface area contributed by atoms with E-state index >= 15 is 0 Å². The Morgan fingerprint density at radius 3 is 2.89 bits per heavy atom. The van der Waals surface area contributed by atoms with Gasteiger partial charge in [-0.05, 0) is 24.3 Å². The molecule has 0 unspecified atom stereocenters.